The number of benzene rings is 2. The number of aliphatic hydroxyl groups excluding tert-OH is 1. The molecule has 2 aromatic carbocycles. The first-order valence-electron chi connectivity index (χ1n) is 12.3. The maximum absolute atomic E-state index is 15.4. The minimum atomic E-state index is -1.59. The van der Waals surface area contributed by atoms with Gasteiger partial charge in [-0.05, 0) is 61.8 Å². The Balaban J connectivity index is 1.52. The molecule has 8 heteroatoms. The second-order valence-electron chi connectivity index (χ2n) is 9.66. The van der Waals surface area contributed by atoms with Gasteiger partial charge in [-0.1, -0.05) is 18.2 Å². The van der Waals surface area contributed by atoms with Gasteiger partial charge in [-0.25, -0.2) is 18.7 Å². The summed E-state index contributed by atoms with van der Waals surface area (Å²) in [7, 11) is 3.49. The van der Waals surface area contributed by atoms with E-state index >= 15 is 8.78 Å². The fourth-order valence-corrected chi connectivity index (χ4v) is 5.22. The molecule has 3 aromatic rings. The van der Waals surface area contributed by atoms with Crippen molar-refractivity contribution in [3.63, 3.8) is 0 Å². The van der Waals surface area contributed by atoms with Crippen molar-refractivity contribution in [2.75, 3.05) is 50.2 Å². The van der Waals surface area contributed by atoms with Gasteiger partial charge in [0.25, 0.3) is 0 Å². The van der Waals surface area contributed by atoms with E-state index in [1.54, 1.807) is 19.1 Å². The number of halogens is 2. The molecule has 1 aromatic heterocycles. The number of alkyl halides is 1. The topological polar surface area (TPSA) is 61.7 Å². The molecule has 1 aliphatic heterocycles. The number of aromatic nitrogens is 2. The molecule has 0 bridgehead atoms. The van der Waals surface area contributed by atoms with E-state index in [1.807, 2.05) is 24.3 Å². The fraction of sp³-hybridized carbons (Fsp3) is 0.481. The Morgan fingerprint density at radius 3 is 2.57 bits per heavy atom. The van der Waals surface area contributed by atoms with Crippen LogP contribution < -0.4 is 14.5 Å². The van der Waals surface area contributed by atoms with Gasteiger partial charge in [-0.2, -0.15) is 0 Å². The summed E-state index contributed by atoms with van der Waals surface area (Å²) < 4.78 is 36.3. The SMILES string of the molecule is COc1ccccc1C1CCN(c2nc(C3(F)CCC3)nc3c(F)cc(N(C)CCO)cc23)CC1. The summed E-state index contributed by atoms with van der Waals surface area (Å²) in [4.78, 5) is 13.0. The number of piperidine rings is 1. The molecule has 2 heterocycles. The van der Waals surface area contributed by atoms with E-state index in [-0.39, 0.29) is 17.9 Å². The van der Waals surface area contributed by atoms with Gasteiger partial charge < -0.3 is 19.6 Å². The van der Waals surface area contributed by atoms with Gasteiger partial charge in [-0.15, -0.1) is 0 Å². The summed E-state index contributed by atoms with van der Waals surface area (Å²) in [6.07, 6.45) is 3.29. The number of nitrogens with zero attached hydrogens (tertiary/aromatic N) is 4. The molecule has 1 N–H and O–H groups in total. The number of anilines is 2. The normalized spacial score (nSPS) is 17.9. The summed E-state index contributed by atoms with van der Waals surface area (Å²) in [5.41, 5.74) is 0.391. The highest BCUT2D eigenvalue weighted by molar-refractivity contribution is 5.93. The molecule has 186 valence electrons. The van der Waals surface area contributed by atoms with Crippen LogP contribution in [-0.2, 0) is 5.67 Å². The van der Waals surface area contributed by atoms with Gasteiger partial charge in [-0.3, -0.25) is 0 Å². The van der Waals surface area contributed by atoms with Crippen LogP contribution in [0.25, 0.3) is 10.9 Å². The Hall–Kier alpha value is -3.00. The number of fused-ring (bicyclic) bond motifs is 1. The second-order valence-corrected chi connectivity index (χ2v) is 9.66. The van der Waals surface area contributed by atoms with Crippen molar-refractivity contribution in [3.05, 3.63) is 53.6 Å². The van der Waals surface area contributed by atoms with Crippen molar-refractivity contribution in [1.82, 2.24) is 9.97 Å². The molecule has 0 spiro atoms. The summed E-state index contributed by atoms with van der Waals surface area (Å²) in [5, 5.41) is 9.91. The van der Waals surface area contributed by atoms with Gasteiger partial charge in [0.05, 0.1) is 13.7 Å². The third-order valence-corrected chi connectivity index (χ3v) is 7.51. The molecular formula is C27H32F2N4O2. The molecule has 1 saturated carbocycles. The molecule has 0 radical (unpaired) electrons. The number of hydrogen-bond acceptors (Lipinski definition) is 6. The van der Waals surface area contributed by atoms with Crippen LogP contribution in [0.15, 0.2) is 36.4 Å². The van der Waals surface area contributed by atoms with Crippen molar-refractivity contribution in [2.24, 2.45) is 0 Å². The zero-order valence-corrected chi connectivity index (χ0v) is 20.3. The number of likely N-dealkylation sites (N-methyl/N-ethyl adjacent to an activating group) is 1. The van der Waals surface area contributed by atoms with Gasteiger partial charge >= 0.3 is 0 Å². The summed E-state index contributed by atoms with van der Waals surface area (Å²) in [5.74, 6) is 1.42. The average Bonchev–Trinajstić information content (AvgIpc) is 2.87. The lowest BCUT2D eigenvalue weighted by Gasteiger charge is -2.36. The first-order chi connectivity index (χ1) is 16.9. The Kier molecular flexibility index (Phi) is 6.49. The van der Waals surface area contributed by atoms with Gasteiger partial charge in [0.2, 0.25) is 0 Å². The molecule has 6 nitrogen and oxygen atoms in total. The molecule has 2 aliphatic rings. The lowest BCUT2D eigenvalue weighted by atomic mass is 9.81. The van der Waals surface area contributed by atoms with Crippen LogP contribution in [0.1, 0.15) is 49.4 Å². The maximum Gasteiger partial charge on any atom is 0.170 e. The molecule has 35 heavy (non-hydrogen) atoms. The molecule has 2 fully saturated rings. The van der Waals surface area contributed by atoms with Crippen LogP contribution in [0.2, 0.25) is 0 Å². The standard InChI is InChI=1S/C27H32F2N4O2/c1-32(14-15-34)19-16-21-24(22(28)17-19)30-26(27(29)10-5-11-27)31-25(21)33-12-8-18(9-13-33)20-6-3-4-7-23(20)35-2/h3-4,6-7,16-18,34H,5,8-15H2,1-2H3. The van der Waals surface area contributed by atoms with Crippen LogP contribution >= 0.6 is 0 Å². The second kappa shape index (κ2) is 9.57. The lowest BCUT2D eigenvalue weighted by Crippen LogP contribution is -2.36. The van der Waals surface area contributed by atoms with E-state index < -0.39 is 11.5 Å². The van der Waals surface area contributed by atoms with E-state index in [2.05, 4.69) is 16.0 Å². The van der Waals surface area contributed by atoms with Gasteiger partial charge in [0.15, 0.2) is 17.3 Å². The number of hydrogen-bond donors (Lipinski definition) is 1. The summed E-state index contributed by atoms with van der Waals surface area (Å²) in [6, 6.07) is 11.3. The highest BCUT2D eigenvalue weighted by Crippen LogP contribution is 2.45. The van der Waals surface area contributed by atoms with Gasteiger partial charge in [0, 0.05) is 37.8 Å². The summed E-state index contributed by atoms with van der Waals surface area (Å²) in [6.45, 7) is 1.76. The van der Waals surface area contributed by atoms with Crippen LogP contribution in [0, 0.1) is 5.82 Å². The van der Waals surface area contributed by atoms with E-state index in [0.29, 0.717) is 55.3 Å². The van der Waals surface area contributed by atoms with Crippen molar-refractivity contribution in [2.45, 2.75) is 43.7 Å². The number of methoxy groups -OCH3 is 1. The molecule has 0 unspecified atom stereocenters. The summed E-state index contributed by atoms with van der Waals surface area (Å²) >= 11 is 0. The smallest absolute Gasteiger partial charge is 0.170 e. The molecule has 0 atom stereocenters. The molecule has 5 rings (SSSR count). The average molecular weight is 483 g/mol. The van der Waals surface area contributed by atoms with Crippen molar-refractivity contribution in [3.8, 4) is 5.75 Å². The number of rotatable bonds is 7. The van der Waals surface area contributed by atoms with Crippen LogP contribution in [0.4, 0.5) is 20.3 Å². The Morgan fingerprint density at radius 1 is 1.17 bits per heavy atom. The quantitative estimate of drug-likeness (QED) is 0.515. The van der Waals surface area contributed by atoms with E-state index in [1.165, 1.54) is 11.6 Å². The van der Waals surface area contributed by atoms with E-state index in [0.717, 1.165) is 25.0 Å². The number of aliphatic hydroxyl groups is 1. The lowest BCUT2D eigenvalue weighted by molar-refractivity contribution is 0.0511. The van der Waals surface area contributed by atoms with Crippen LogP contribution in [0.3, 0.4) is 0 Å². The monoisotopic (exact) mass is 482 g/mol. The van der Waals surface area contributed by atoms with Crippen LogP contribution in [-0.4, -0.2) is 55.5 Å². The van der Waals surface area contributed by atoms with Gasteiger partial charge in [0.1, 0.15) is 17.1 Å². The first kappa shape index (κ1) is 23.7. The highest BCUT2D eigenvalue weighted by atomic mass is 19.1. The largest absolute Gasteiger partial charge is 0.496 e. The Bertz CT molecular complexity index is 1210. The van der Waals surface area contributed by atoms with E-state index in [4.69, 9.17) is 9.72 Å². The Morgan fingerprint density at radius 2 is 1.91 bits per heavy atom. The predicted octanol–water partition coefficient (Wildman–Crippen LogP) is 4.94. The fourth-order valence-electron chi connectivity index (χ4n) is 5.22. The molecule has 1 saturated heterocycles. The van der Waals surface area contributed by atoms with Crippen LogP contribution in [0.5, 0.6) is 5.75 Å². The molecule has 0 amide bonds. The minimum Gasteiger partial charge on any atom is -0.496 e. The molecular weight excluding hydrogens is 450 g/mol. The predicted molar refractivity (Wildman–Crippen MR) is 134 cm³/mol. The van der Waals surface area contributed by atoms with E-state index in [9.17, 15) is 5.11 Å². The first-order valence-corrected chi connectivity index (χ1v) is 12.3. The van der Waals surface area contributed by atoms with Crippen molar-refractivity contribution < 1.29 is 18.6 Å². The third-order valence-electron chi connectivity index (χ3n) is 7.51. The Labute approximate surface area is 204 Å². The highest BCUT2D eigenvalue weighted by Gasteiger charge is 2.43. The zero-order chi connectivity index (χ0) is 24.6. The van der Waals surface area contributed by atoms with Crippen molar-refractivity contribution in [1.29, 1.82) is 0 Å². The number of para-hydroxylation sites is 1. The van der Waals surface area contributed by atoms with Crippen molar-refractivity contribution >= 4 is 22.4 Å². The minimum absolute atomic E-state index is 0.0424. The third kappa shape index (κ3) is 4.40. The maximum atomic E-state index is 15.4. The number of ether oxygens (including phenoxy) is 1. The molecule has 1 aliphatic carbocycles. The zero-order valence-electron chi connectivity index (χ0n) is 20.3.